The standard InChI is InChI=1S/C30H36FN5O5.C30H36FN5O4/c1-4-21-22(31)7-6-18-12-19(37)13-24(25(18)21)36-16-23-26(28(36)39)27(35-8-5-10-40-11-9-35)33-29(32-23)41-17-30(2)14-20(38)15-34(30)3;1-4-21-22(31)7-6-19-12-20(37)13-24(25(19)21)36-16-23-26(28(36)38)27(35-8-5-10-39-11-9-35)34-29(33-23)40-17-30(3)14-18(2)15-32-30/h6-7,12-13,20,37-38H,4-5,8-11,14-17H2,1-3H3;6-7,12-13,18,32,37H,4-5,8-11,14-17H2,1-3H3. The second-order valence-electron chi connectivity index (χ2n) is 22.9. The number of anilines is 4. The fourth-order valence-corrected chi connectivity index (χ4v) is 12.6. The topological polar surface area (TPSA) is 212 Å². The lowest BCUT2D eigenvalue weighted by Gasteiger charge is -2.31. The van der Waals surface area contributed by atoms with Crippen LogP contribution in [0.25, 0.3) is 21.5 Å². The summed E-state index contributed by atoms with van der Waals surface area (Å²) in [7, 11) is 1.95. The van der Waals surface area contributed by atoms with Crippen molar-refractivity contribution in [2.45, 2.75) is 103 Å². The first kappa shape index (κ1) is 55.8. The maximum absolute atomic E-state index is 14.9. The SMILES string of the molecule is CCc1c(F)ccc2cc(O)cc(N3Cc4nc(OCC5(C)CC(C)CN5)nc(N5CCCOCC5)c4C3=O)c12.CCc1c(F)ccc2cc(O)cc(N3Cc4nc(OCC5(C)CC(O)CN5C)nc(N5CCCOCC5)c4C3=O)c12. The maximum Gasteiger partial charge on any atom is 0.318 e. The van der Waals surface area contributed by atoms with Crippen LogP contribution in [-0.4, -0.2) is 155 Å². The first-order valence-corrected chi connectivity index (χ1v) is 28.3. The van der Waals surface area contributed by atoms with Gasteiger partial charge >= 0.3 is 12.0 Å². The fraction of sp³-hybridized carbons (Fsp3) is 0.500. The van der Waals surface area contributed by atoms with Gasteiger partial charge in [-0.25, -0.2) is 8.78 Å². The van der Waals surface area contributed by atoms with E-state index in [1.54, 1.807) is 34.1 Å². The van der Waals surface area contributed by atoms with Gasteiger partial charge in [-0.3, -0.25) is 14.5 Å². The number of fused-ring (bicyclic) bond motifs is 4. The molecule has 0 spiro atoms. The number of aromatic hydroxyl groups is 2. The van der Waals surface area contributed by atoms with Gasteiger partial charge in [0.1, 0.15) is 59.1 Å². The Balaban J connectivity index is 0.000000170. The largest absolute Gasteiger partial charge is 0.508 e. The quantitative estimate of drug-likeness (QED) is 0.0937. The Bertz CT molecular complexity index is 3390. The van der Waals surface area contributed by atoms with Crippen LogP contribution < -0.4 is 34.4 Å². The van der Waals surface area contributed by atoms with Crippen LogP contribution in [0.4, 0.5) is 31.8 Å². The maximum atomic E-state index is 14.9. The van der Waals surface area contributed by atoms with E-state index in [0.717, 1.165) is 25.8 Å². The van der Waals surface area contributed by atoms with Gasteiger partial charge in [-0.15, -0.1) is 0 Å². The van der Waals surface area contributed by atoms with Crippen molar-refractivity contribution in [3.63, 3.8) is 0 Å². The Hall–Kier alpha value is -7.04. The van der Waals surface area contributed by atoms with Crippen LogP contribution in [0, 0.1) is 17.6 Å². The minimum Gasteiger partial charge on any atom is -0.508 e. The van der Waals surface area contributed by atoms with Crippen LogP contribution in [0.5, 0.6) is 23.5 Å². The number of likely N-dealkylation sites (N-methyl/N-ethyl adjacent to an activating group) is 1. The van der Waals surface area contributed by atoms with E-state index >= 15 is 0 Å². The number of aryl methyl sites for hydroxylation is 2. The van der Waals surface area contributed by atoms with Crippen molar-refractivity contribution in [2.75, 3.05) is 106 Å². The highest BCUT2D eigenvalue weighted by Crippen LogP contribution is 2.44. The molecule has 4 N–H and O–H groups in total. The number of carbonyl (C=O) groups excluding carboxylic acids is 2. The Labute approximate surface area is 469 Å². The van der Waals surface area contributed by atoms with Gasteiger partial charge in [0.15, 0.2) is 0 Å². The third kappa shape index (κ3) is 11.0. The van der Waals surface area contributed by atoms with Gasteiger partial charge in [-0.05, 0) is 118 Å². The zero-order valence-electron chi connectivity index (χ0n) is 47.0. The number of halogens is 2. The van der Waals surface area contributed by atoms with Gasteiger partial charge in [0.2, 0.25) is 0 Å². The third-order valence-corrected chi connectivity index (χ3v) is 16.8. The number of β-amino-alcohol motifs (C(OH)–C–C–N with tert-alkyl or cyclic N) is 1. The summed E-state index contributed by atoms with van der Waals surface area (Å²) in [5, 5.41) is 37.4. The highest BCUT2D eigenvalue weighted by atomic mass is 19.1. The predicted octanol–water partition coefficient (Wildman–Crippen LogP) is 7.45. The Kier molecular flexibility index (Phi) is 15.7. The average molecular weight is 1120 g/mol. The van der Waals surface area contributed by atoms with Crippen molar-refractivity contribution in [1.29, 1.82) is 0 Å². The van der Waals surface area contributed by atoms with Crippen molar-refractivity contribution >= 4 is 56.4 Å². The summed E-state index contributed by atoms with van der Waals surface area (Å²) >= 11 is 0. The van der Waals surface area contributed by atoms with E-state index in [-0.39, 0.29) is 77.7 Å². The van der Waals surface area contributed by atoms with E-state index in [0.29, 0.717) is 169 Å². The zero-order valence-corrected chi connectivity index (χ0v) is 47.0. The van der Waals surface area contributed by atoms with Gasteiger partial charge in [0.25, 0.3) is 11.8 Å². The van der Waals surface area contributed by atoms with E-state index < -0.39 is 6.10 Å². The van der Waals surface area contributed by atoms with E-state index in [1.807, 2.05) is 32.7 Å². The molecule has 4 atom stereocenters. The molecule has 0 saturated carbocycles. The van der Waals surface area contributed by atoms with Crippen LogP contribution in [0.1, 0.15) is 104 Å². The van der Waals surface area contributed by atoms with Crippen molar-refractivity contribution < 1.29 is 52.6 Å². The number of likely N-dealkylation sites (tertiary alicyclic amines) is 1. The first-order valence-electron chi connectivity index (χ1n) is 28.3. The highest BCUT2D eigenvalue weighted by Gasteiger charge is 2.43. The van der Waals surface area contributed by atoms with E-state index in [4.69, 9.17) is 33.9 Å². The number of hydrogen-bond donors (Lipinski definition) is 4. The number of nitrogens with one attached hydrogen (secondary N) is 1. The molecule has 4 fully saturated rings. The number of hydrogen-bond acceptors (Lipinski definition) is 17. The molecule has 0 radical (unpaired) electrons. The lowest BCUT2D eigenvalue weighted by atomic mass is 9.97. The monoisotopic (exact) mass is 1110 g/mol. The molecule has 430 valence electrons. The third-order valence-electron chi connectivity index (χ3n) is 16.8. The van der Waals surface area contributed by atoms with E-state index in [2.05, 4.69) is 33.9 Å². The summed E-state index contributed by atoms with van der Waals surface area (Å²) in [4.78, 5) is 56.5. The summed E-state index contributed by atoms with van der Waals surface area (Å²) in [6, 6.07) is 12.7. The number of ether oxygens (including phenoxy) is 4. The molecular formula is C60H72F2N10O9. The number of aliphatic hydroxyl groups excluding tert-OH is 1. The summed E-state index contributed by atoms with van der Waals surface area (Å²) < 4.78 is 53.5. The van der Waals surface area contributed by atoms with Gasteiger partial charge in [0.05, 0.1) is 66.2 Å². The van der Waals surface area contributed by atoms with Crippen LogP contribution in [0.2, 0.25) is 0 Å². The number of rotatable bonds is 12. The van der Waals surface area contributed by atoms with Crippen LogP contribution in [0.3, 0.4) is 0 Å². The summed E-state index contributed by atoms with van der Waals surface area (Å²) in [6.07, 6.45) is 3.59. The molecule has 2 aromatic heterocycles. The molecule has 0 aliphatic carbocycles. The summed E-state index contributed by atoms with van der Waals surface area (Å²) in [5.74, 6) is 0.286. The molecule has 6 aromatic rings. The van der Waals surface area contributed by atoms with Crippen molar-refractivity contribution in [3.8, 4) is 23.5 Å². The minimum absolute atomic E-state index is 0.00597. The van der Waals surface area contributed by atoms with Crippen molar-refractivity contribution in [1.82, 2.24) is 30.2 Å². The number of nitrogens with zero attached hydrogens (tertiary/aromatic N) is 9. The van der Waals surface area contributed by atoms with Gasteiger partial charge in [-0.1, -0.05) is 32.9 Å². The second kappa shape index (κ2) is 22.7. The predicted molar refractivity (Wildman–Crippen MR) is 303 cm³/mol. The average Bonchev–Trinajstić information content (AvgIpc) is 4.23. The summed E-state index contributed by atoms with van der Waals surface area (Å²) in [6.45, 7) is 17.4. The van der Waals surface area contributed by atoms with Crippen LogP contribution in [0.15, 0.2) is 48.5 Å². The molecule has 81 heavy (non-hydrogen) atoms. The Morgan fingerprint density at radius 2 is 1.19 bits per heavy atom. The molecule has 8 heterocycles. The fourth-order valence-electron chi connectivity index (χ4n) is 12.6. The Morgan fingerprint density at radius 1 is 0.691 bits per heavy atom. The number of phenols is 2. The van der Waals surface area contributed by atoms with Crippen molar-refractivity contribution in [2.24, 2.45) is 5.92 Å². The van der Waals surface area contributed by atoms with Gasteiger partial charge in [0, 0.05) is 68.8 Å². The number of amides is 2. The molecule has 6 aliphatic heterocycles. The number of aliphatic hydroxyl groups is 1. The van der Waals surface area contributed by atoms with Crippen LogP contribution in [-0.2, 0) is 35.4 Å². The molecular weight excluding hydrogens is 1040 g/mol. The van der Waals surface area contributed by atoms with E-state index in [9.17, 15) is 33.7 Å². The number of carbonyl (C=O) groups is 2. The first-order chi connectivity index (χ1) is 38.9. The molecule has 4 unspecified atom stereocenters. The number of phenolic OH excluding ortho intramolecular Hbond substituents is 2. The van der Waals surface area contributed by atoms with Gasteiger partial charge < -0.3 is 59.2 Å². The molecule has 21 heteroatoms. The van der Waals surface area contributed by atoms with Gasteiger partial charge in [-0.2, -0.15) is 19.9 Å². The second-order valence-corrected chi connectivity index (χ2v) is 22.9. The minimum atomic E-state index is -0.427. The molecule has 4 saturated heterocycles. The molecule has 19 nitrogen and oxygen atoms in total. The van der Waals surface area contributed by atoms with E-state index in [1.165, 1.54) is 24.3 Å². The molecule has 4 aromatic carbocycles. The lowest BCUT2D eigenvalue weighted by Crippen LogP contribution is -2.43. The molecule has 6 aliphatic rings. The smallest absolute Gasteiger partial charge is 0.318 e. The summed E-state index contributed by atoms with van der Waals surface area (Å²) in [5.41, 5.74) is 3.17. The Morgan fingerprint density at radius 3 is 1.63 bits per heavy atom. The van der Waals surface area contributed by atoms with Crippen molar-refractivity contribution in [3.05, 3.63) is 93.8 Å². The normalized spacial score (nSPS) is 23.2. The highest BCUT2D eigenvalue weighted by molar-refractivity contribution is 6.17. The molecule has 0 bridgehead atoms. The van der Waals surface area contributed by atoms with Crippen LogP contribution >= 0.6 is 0 Å². The molecule has 12 rings (SSSR count). The molecule has 2 amide bonds. The zero-order chi connectivity index (χ0) is 56.9. The lowest BCUT2D eigenvalue weighted by molar-refractivity contribution is 0.0988. The number of benzene rings is 4. The number of aromatic nitrogens is 4.